The van der Waals surface area contributed by atoms with Crippen LogP contribution in [-0.4, -0.2) is 35.6 Å². The van der Waals surface area contributed by atoms with E-state index in [4.69, 9.17) is 8.94 Å². The van der Waals surface area contributed by atoms with Crippen molar-refractivity contribution in [1.29, 1.82) is 0 Å². The lowest BCUT2D eigenvalue weighted by Gasteiger charge is -2.35. The number of amides is 1. The van der Waals surface area contributed by atoms with E-state index in [0.717, 1.165) is 48.9 Å². The number of benzene rings is 1. The minimum Gasteiger partial charge on any atom is -0.465 e. The molecule has 1 N–H and O–H groups in total. The van der Waals surface area contributed by atoms with E-state index in [1.807, 2.05) is 50.2 Å². The summed E-state index contributed by atoms with van der Waals surface area (Å²) in [4.78, 5) is 15.1. The molecule has 1 aliphatic rings. The van der Waals surface area contributed by atoms with E-state index in [1.54, 1.807) is 6.07 Å². The zero-order valence-corrected chi connectivity index (χ0v) is 17.9. The van der Waals surface area contributed by atoms with Crippen molar-refractivity contribution in [2.24, 2.45) is 5.92 Å². The second-order valence-electron chi connectivity index (χ2n) is 8.34. The molecule has 2 aromatic heterocycles. The maximum absolute atomic E-state index is 12.7. The topological polar surface area (TPSA) is 71.5 Å². The van der Waals surface area contributed by atoms with Gasteiger partial charge in [0.2, 0.25) is 0 Å². The highest BCUT2D eigenvalue weighted by Gasteiger charge is 2.27. The van der Waals surface area contributed by atoms with Gasteiger partial charge in [-0.05, 0) is 57.8 Å². The average molecular weight is 408 g/mol. The molecule has 0 bridgehead atoms. The van der Waals surface area contributed by atoms with Crippen LogP contribution in [0.3, 0.4) is 0 Å². The van der Waals surface area contributed by atoms with Crippen molar-refractivity contribution in [3.8, 4) is 11.3 Å². The number of nitrogens with zero attached hydrogens (tertiary/aromatic N) is 2. The lowest BCUT2D eigenvalue weighted by Crippen LogP contribution is -2.41. The Kier molecular flexibility index (Phi) is 6.04. The maximum atomic E-state index is 12.7. The van der Waals surface area contributed by atoms with Crippen molar-refractivity contribution in [2.45, 2.75) is 39.7 Å². The van der Waals surface area contributed by atoms with E-state index in [2.05, 4.69) is 22.3 Å². The molecule has 0 aliphatic carbocycles. The van der Waals surface area contributed by atoms with E-state index in [1.165, 1.54) is 5.56 Å². The molecule has 4 rings (SSSR count). The first kappa shape index (κ1) is 20.4. The quantitative estimate of drug-likeness (QED) is 0.638. The fraction of sp³-hybridized carbons (Fsp3) is 0.417. The molecule has 1 aliphatic heterocycles. The smallest absolute Gasteiger partial charge is 0.273 e. The summed E-state index contributed by atoms with van der Waals surface area (Å²) in [5.74, 6) is 2.86. The highest BCUT2D eigenvalue weighted by Crippen LogP contribution is 2.28. The molecule has 3 heterocycles. The maximum Gasteiger partial charge on any atom is 0.273 e. The van der Waals surface area contributed by atoms with Gasteiger partial charge in [0.25, 0.3) is 5.91 Å². The first-order chi connectivity index (χ1) is 14.5. The molecule has 0 spiro atoms. The molecule has 1 amide bonds. The van der Waals surface area contributed by atoms with Crippen LogP contribution >= 0.6 is 0 Å². The summed E-state index contributed by atoms with van der Waals surface area (Å²) in [6, 6.07) is 13.6. The van der Waals surface area contributed by atoms with Gasteiger partial charge in [0, 0.05) is 18.2 Å². The number of hydrogen-bond donors (Lipinski definition) is 1. The van der Waals surface area contributed by atoms with Crippen molar-refractivity contribution in [3.63, 3.8) is 0 Å². The largest absolute Gasteiger partial charge is 0.465 e. The SMILES string of the molecule is Cc1ccc(-c2cc(C(=O)NCC(c3ccc(C)o3)N3CCC(C)CC3)no2)cc1. The summed E-state index contributed by atoms with van der Waals surface area (Å²) in [6.07, 6.45) is 2.32. The molecule has 30 heavy (non-hydrogen) atoms. The Morgan fingerprint density at radius 2 is 1.90 bits per heavy atom. The van der Waals surface area contributed by atoms with Gasteiger partial charge in [-0.2, -0.15) is 0 Å². The first-order valence-corrected chi connectivity index (χ1v) is 10.6. The molecule has 1 fully saturated rings. The van der Waals surface area contributed by atoms with Crippen molar-refractivity contribution >= 4 is 5.91 Å². The van der Waals surface area contributed by atoms with Crippen LogP contribution in [-0.2, 0) is 0 Å². The lowest BCUT2D eigenvalue weighted by molar-refractivity contribution is 0.0887. The van der Waals surface area contributed by atoms with Gasteiger partial charge >= 0.3 is 0 Å². The number of aryl methyl sites for hydroxylation is 2. The Balaban J connectivity index is 1.44. The Labute approximate surface area is 177 Å². The van der Waals surface area contributed by atoms with Crippen LogP contribution in [0.15, 0.2) is 51.4 Å². The van der Waals surface area contributed by atoms with Crippen LogP contribution in [0.1, 0.15) is 53.4 Å². The number of likely N-dealkylation sites (tertiary alicyclic amines) is 1. The van der Waals surface area contributed by atoms with Gasteiger partial charge in [0.1, 0.15) is 11.5 Å². The van der Waals surface area contributed by atoms with Gasteiger partial charge in [0.15, 0.2) is 11.5 Å². The van der Waals surface area contributed by atoms with Crippen LogP contribution < -0.4 is 5.32 Å². The number of aromatic nitrogens is 1. The van der Waals surface area contributed by atoms with E-state index in [-0.39, 0.29) is 17.6 Å². The minimum absolute atomic E-state index is 0.0126. The number of piperidine rings is 1. The molecular formula is C24H29N3O3. The molecule has 1 atom stereocenters. The molecule has 1 unspecified atom stereocenters. The molecule has 1 saturated heterocycles. The average Bonchev–Trinajstić information content (AvgIpc) is 3.39. The van der Waals surface area contributed by atoms with Crippen molar-refractivity contribution < 1.29 is 13.7 Å². The van der Waals surface area contributed by atoms with Crippen molar-refractivity contribution in [3.05, 3.63) is 65.2 Å². The Morgan fingerprint density at radius 1 is 1.17 bits per heavy atom. The van der Waals surface area contributed by atoms with E-state index in [9.17, 15) is 4.79 Å². The standard InChI is InChI=1S/C24H29N3O3/c1-16-4-7-19(8-5-16)23-14-20(26-30-23)24(28)25-15-21(22-9-6-18(3)29-22)27-12-10-17(2)11-13-27/h4-9,14,17,21H,10-13,15H2,1-3H3,(H,25,28). The summed E-state index contributed by atoms with van der Waals surface area (Å²) in [7, 11) is 0. The van der Waals surface area contributed by atoms with Gasteiger partial charge in [-0.3, -0.25) is 9.69 Å². The minimum atomic E-state index is -0.240. The molecule has 158 valence electrons. The molecule has 1 aromatic carbocycles. The third-order valence-corrected chi connectivity index (χ3v) is 5.88. The predicted octanol–water partition coefficient (Wildman–Crippen LogP) is 4.75. The van der Waals surface area contributed by atoms with Gasteiger partial charge in [-0.25, -0.2) is 0 Å². The fourth-order valence-corrected chi connectivity index (χ4v) is 3.90. The van der Waals surface area contributed by atoms with Gasteiger partial charge in [0.05, 0.1) is 6.04 Å². The monoisotopic (exact) mass is 407 g/mol. The lowest BCUT2D eigenvalue weighted by atomic mass is 9.97. The number of carbonyl (C=O) groups excluding carboxylic acids is 1. The van der Waals surface area contributed by atoms with Gasteiger partial charge in [-0.15, -0.1) is 0 Å². The summed E-state index contributed by atoms with van der Waals surface area (Å²) >= 11 is 0. The summed E-state index contributed by atoms with van der Waals surface area (Å²) in [5.41, 5.74) is 2.35. The summed E-state index contributed by atoms with van der Waals surface area (Å²) < 4.78 is 11.3. The highest BCUT2D eigenvalue weighted by molar-refractivity contribution is 5.93. The van der Waals surface area contributed by atoms with Crippen LogP contribution in [0.2, 0.25) is 0 Å². The highest BCUT2D eigenvalue weighted by atomic mass is 16.5. The fourth-order valence-electron chi connectivity index (χ4n) is 3.90. The first-order valence-electron chi connectivity index (χ1n) is 10.6. The van der Waals surface area contributed by atoms with Crippen LogP contribution in [0.25, 0.3) is 11.3 Å². The summed E-state index contributed by atoms with van der Waals surface area (Å²) in [6.45, 7) is 8.74. The molecule has 6 nitrogen and oxygen atoms in total. The molecule has 0 radical (unpaired) electrons. The predicted molar refractivity (Wildman–Crippen MR) is 115 cm³/mol. The van der Waals surface area contributed by atoms with Gasteiger partial charge < -0.3 is 14.3 Å². The van der Waals surface area contributed by atoms with E-state index in [0.29, 0.717) is 12.3 Å². The number of carbonyl (C=O) groups is 1. The number of rotatable bonds is 6. The number of nitrogens with one attached hydrogen (secondary N) is 1. The molecule has 6 heteroatoms. The van der Waals surface area contributed by atoms with E-state index < -0.39 is 0 Å². The van der Waals surface area contributed by atoms with Crippen LogP contribution in [0, 0.1) is 19.8 Å². The Morgan fingerprint density at radius 3 is 2.57 bits per heavy atom. The second-order valence-corrected chi connectivity index (χ2v) is 8.34. The van der Waals surface area contributed by atoms with Crippen molar-refractivity contribution in [1.82, 2.24) is 15.4 Å². The zero-order chi connectivity index (χ0) is 21.1. The van der Waals surface area contributed by atoms with E-state index >= 15 is 0 Å². The van der Waals surface area contributed by atoms with Crippen LogP contribution in [0.5, 0.6) is 0 Å². The Bertz CT molecular complexity index is 981. The molecular weight excluding hydrogens is 378 g/mol. The third kappa shape index (κ3) is 4.65. The van der Waals surface area contributed by atoms with Gasteiger partial charge in [-0.1, -0.05) is 41.9 Å². The molecule has 0 saturated carbocycles. The zero-order valence-electron chi connectivity index (χ0n) is 17.9. The third-order valence-electron chi connectivity index (χ3n) is 5.88. The normalized spacial score (nSPS) is 16.5. The van der Waals surface area contributed by atoms with Crippen molar-refractivity contribution in [2.75, 3.05) is 19.6 Å². The van der Waals surface area contributed by atoms with Crippen LogP contribution in [0.4, 0.5) is 0 Å². The Hall–Kier alpha value is -2.86. The second kappa shape index (κ2) is 8.88. The molecule has 3 aromatic rings. The summed E-state index contributed by atoms with van der Waals surface area (Å²) in [5, 5.41) is 6.99. The number of furan rings is 1. The number of hydrogen-bond acceptors (Lipinski definition) is 5.